The van der Waals surface area contributed by atoms with Crippen molar-refractivity contribution in [2.45, 2.75) is 27.2 Å². The molecule has 1 aromatic carbocycles. The van der Waals surface area contributed by atoms with E-state index >= 15 is 0 Å². The lowest BCUT2D eigenvalue weighted by molar-refractivity contribution is 0.414. The van der Waals surface area contributed by atoms with Crippen LogP contribution in [0.2, 0.25) is 0 Å². The van der Waals surface area contributed by atoms with Crippen molar-refractivity contribution in [3.63, 3.8) is 0 Å². The summed E-state index contributed by atoms with van der Waals surface area (Å²) in [7, 11) is 0. The summed E-state index contributed by atoms with van der Waals surface area (Å²) in [6, 6.07) is 6.45. The van der Waals surface area contributed by atoms with Gasteiger partial charge < -0.3 is 0 Å². The molecule has 0 bridgehead atoms. The van der Waals surface area contributed by atoms with Crippen LogP contribution < -0.4 is 0 Å². The first-order valence-corrected chi connectivity index (χ1v) is 6.09. The van der Waals surface area contributed by atoms with Crippen LogP contribution in [0.3, 0.4) is 0 Å². The quantitative estimate of drug-likeness (QED) is 0.623. The van der Waals surface area contributed by atoms with Gasteiger partial charge in [0.25, 0.3) is 0 Å². The first-order chi connectivity index (χ1) is 8.28. The minimum absolute atomic E-state index is 0.224. The number of hydrogen-bond donors (Lipinski definition) is 0. The van der Waals surface area contributed by atoms with Gasteiger partial charge in [-0.2, -0.15) is 0 Å². The zero-order valence-electron chi connectivity index (χ0n) is 11.5. The molecule has 0 nitrogen and oxygen atoms in total. The van der Waals surface area contributed by atoms with E-state index in [4.69, 9.17) is 0 Å². The van der Waals surface area contributed by atoms with Crippen LogP contribution in [-0.2, 0) is 0 Å². The van der Waals surface area contributed by atoms with E-state index in [1.165, 1.54) is 12.1 Å². The van der Waals surface area contributed by atoms with Crippen molar-refractivity contribution in [3.8, 4) is 0 Å². The highest BCUT2D eigenvalue weighted by Gasteiger charge is 2.10. The molecule has 96 valence electrons. The van der Waals surface area contributed by atoms with Crippen molar-refractivity contribution in [1.82, 2.24) is 0 Å². The van der Waals surface area contributed by atoms with Gasteiger partial charge in [0.15, 0.2) is 0 Å². The minimum Gasteiger partial charge on any atom is -0.207 e. The number of halogens is 1. The summed E-state index contributed by atoms with van der Waals surface area (Å²) >= 11 is 0. The highest BCUT2D eigenvalue weighted by molar-refractivity contribution is 5.72. The second-order valence-electron chi connectivity index (χ2n) is 5.76. The minimum atomic E-state index is -0.240. The van der Waals surface area contributed by atoms with Crippen LogP contribution >= 0.6 is 0 Å². The molecule has 1 heteroatoms. The second kappa shape index (κ2) is 5.81. The summed E-state index contributed by atoms with van der Waals surface area (Å²) in [6.07, 6.45) is 4.78. The Kier molecular flexibility index (Phi) is 4.66. The molecule has 0 saturated heterocycles. The molecule has 0 aliphatic carbocycles. The number of benzene rings is 1. The van der Waals surface area contributed by atoms with Gasteiger partial charge in [-0.3, -0.25) is 0 Å². The number of allylic oxidation sites excluding steroid dienone is 4. The van der Waals surface area contributed by atoms with Gasteiger partial charge in [0.05, 0.1) is 0 Å². The van der Waals surface area contributed by atoms with Gasteiger partial charge in [-0.15, -0.1) is 0 Å². The topological polar surface area (TPSA) is 0 Å². The van der Waals surface area contributed by atoms with Crippen LogP contribution in [0, 0.1) is 11.2 Å². The van der Waals surface area contributed by atoms with Crippen molar-refractivity contribution < 1.29 is 4.39 Å². The predicted molar refractivity (Wildman–Crippen MR) is 77.8 cm³/mol. The zero-order chi connectivity index (χ0) is 13.8. The second-order valence-corrected chi connectivity index (χ2v) is 5.76. The Morgan fingerprint density at radius 2 is 1.89 bits per heavy atom. The Balaban J connectivity index is 2.68. The van der Waals surface area contributed by atoms with Gasteiger partial charge in [-0.05, 0) is 35.1 Å². The molecule has 18 heavy (non-hydrogen) atoms. The summed E-state index contributed by atoms with van der Waals surface area (Å²) in [5, 5.41) is 0. The largest absolute Gasteiger partial charge is 0.207 e. The third-order valence-electron chi connectivity index (χ3n) is 2.47. The van der Waals surface area contributed by atoms with Crippen LogP contribution in [0.4, 0.5) is 4.39 Å². The molecule has 0 N–H and O–H groups in total. The van der Waals surface area contributed by atoms with Gasteiger partial charge in [0.1, 0.15) is 5.82 Å². The highest BCUT2D eigenvalue weighted by Crippen LogP contribution is 2.24. The molecule has 0 amide bonds. The normalized spacial score (nSPS) is 11.8. The fourth-order valence-corrected chi connectivity index (χ4v) is 1.74. The molecule has 0 saturated carbocycles. The van der Waals surface area contributed by atoms with Crippen LogP contribution in [0.15, 0.2) is 55.1 Å². The summed E-state index contributed by atoms with van der Waals surface area (Å²) in [6.45, 7) is 14.5. The highest BCUT2D eigenvalue weighted by atomic mass is 19.1. The third kappa shape index (κ3) is 5.13. The Morgan fingerprint density at radius 1 is 1.22 bits per heavy atom. The lowest BCUT2D eigenvalue weighted by Gasteiger charge is -2.17. The molecule has 0 aliphatic rings. The average Bonchev–Trinajstić information content (AvgIpc) is 2.23. The van der Waals surface area contributed by atoms with Gasteiger partial charge >= 0.3 is 0 Å². The SMILES string of the molecule is C=C(/C=C\C(=C)c1cccc(F)c1)CC(C)(C)C. The van der Waals surface area contributed by atoms with Crippen LogP contribution in [0.1, 0.15) is 32.8 Å². The van der Waals surface area contributed by atoms with Gasteiger partial charge in [-0.25, -0.2) is 4.39 Å². The summed E-state index contributed by atoms with van der Waals surface area (Å²) in [5.41, 5.74) is 2.88. The fourth-order valence-electron chi connectivity index (χ4n) is 1.74. The molecule has 1 rings (SSSR count). The van der Waals surface area contributed by atoms with Crippen molar-refractivity contribution >= 4 is 5.57 Å². The van der Waals surface area contributed by atoms with Gasteiger partial charge in [0.2, 0.25) is 0 Å². The van der Waals surface area contributed by atoms with Crippen molar-refractivity contribution in [2.75, 3.05) is 0 Å². The maximum atomic E-state index is 13.1. The molecule has 0 unspecified atom stereocenters. The molecule has 0 atom stereocenters. The van der Waals surface area contributed by atoms with Gasteiger partial charge in [0, 0.05) is 0 Å². The smallest absolute Gasteiger partial charge is 0.123 e. The monoisotopic (exact) mass is 244 g/mol. The maximum absolute atomic E-state index is 13.1. The van der Waals surface area contributed by atoms with E-state index in [-0.39, 0.29) is 11.2 Å². The van der Waals surface area contributed by atoms with E-state index in [9.17, 15) is 4.39 Å². The molecule has 0 radical (unpaired) electrons. The Labute approximate surface area is 110 Å². The van der Waals surface area contributed by atoms with Crippen LogP contribution in [0.5, 0.6) is 0 Å². The van der Waals surface area contributed by atoms with E-state index in [0.717, 1.165) is 23.1 Å². The molecular formula is C17H21F. The standard InChI is InChI=1S/C17H21F/c1-13(12-17(3,4)5)9-10-14(2)15-7-6-8-16(18)11-15/h6-11H,1-2,12H2,3-5H3/b10-9-. The Morgan fingerprint density at radius 3 is 2.44 bits per heavy atom. The molecule has 0 aromatic heterocycles. The molecule has 1 aromatic rings. The van der Waals surface area contributed by atoms with E-state index in [1.54, 1.807) is 6.07 Å². The maximum Gasteiger partial charge on any atom is 0.123 e. The van der Waals surface area contributed by atoms with Crippen molar-refractivity contribution in [2.24, 2.45) is 5.41 Å². The first kappa shape index (κ1) is 14.4. The van der Waals surface area contributed by atoms with Gasteiger partial charge in [-0.1, -0.05) is 63.8 Å². The molecule has 0 heterocycles. The molecule has 0 aliphatic heterocycles. The zero-order valence-corrected chi connectivity index (χ0v) is 11.5. The molecule has 0 fully saturated rings. The van der Waals surface area contributed by atoms with E-state index in [2.05, 4.69) is 33.9 Å². The fraction of sp³-hybridized carbons (Fsp3) is 0.294. The van der Waals surface area contributed by atoms with E-state index in [1.807, 2.05) is 18.2 Å². The Bertz CT molecular complexity index is 473. The third-order valence-corrected chi connectivity index (χ3v) is 2.47. The van der Waals surface area contributed by atoms with E-state index < -0.39 is 0 Å². The molecular weight excluding hydrogens is 223 g/mol. The van der Waals surface area contributed by atoms with Crippen LogP contribution in [-0.4, -0.2) is 0 Å². The van der Waals surface area contributed by atoms with Crippen LogP contribution in [0.25, 0.3) is 5.57 Å². The lowest BCUT2D eigenvalue weighted by atomic mass is 9.88. The predicted octanol–water partition coefficient (Wildman–Crippen LogP) is 5.39. The number of rotatable bonds is 4. The molecule has 0 spiro atoms. The van der Waals surface area contributed by atoms with E-state index in [0.29, 0.717) is 0 Å². The summed E-state index contributed by atoms with van der Waals surface area (Å²) in [4.78, 5) is 0. The summed E-state index contributed by atoms with van der Waals surface area (Å²) < 4.78 is 13.1. The summed E-state index contributed by atoms with van der Waals surface area (Å²) in [5.74, 6) is -0.240. The first-order valence-electron chi connectivity index (χ1n) is 6.09. The van der Waals surface area contributed by atoms with Crippen molar-refractivity contribution in [3.05, 3.63) is 66.5 Å². The van der Waals surface area contributed by atoms with Crippen molar-refractivity contribution in [1.29, 1.82) is 0 Å². The Hall–Kier alpha value is -1.63. The average molecular weight is 244 g/mol. The number of hydrogen-bond acceptors (Lipinski definition) is 0. The lowest BCUT2D eigenvalue weighted by Crippen LogP contribution is -2.04.